The van der Waals surface area contributed by atoms with Crippen LogP contribution in [0.5, 0.6) is 0 Å². The van der Waals surface area contributed by atoms with Crippen molar-refractivity contribution in [3.63, 3.8) is 0 Å². The smallest absolute Gasteiger partial charge is 0.339 e. The number of nitrogens with zero attached hydrogens (tertiary/aromatic N) is 1. The molecule has 0 spiro atoms. The van der Waals surface area contributed by atoms with Crippen LogP contribution in [-0.2, 0) is 4.74 Å². The second-order valence-electron chi connectivity index (χ2n) is 5.91. The predicted octanol–water partition coefficient (Wildman–Crippen LogP) is 4.17. The lowest BCUT2D eigenvalue weighted by atomic mass is 10.1. The van der Waals surface area contributed by atoms with Crippen molar-refractivity contribution in [3.05, 3.63) is 83.6 Å². The van der Waals surface area contributed by atoms with E-state index in [2.05, 4.69) is 15.6 Å². The van der Waals surface area contributed by atoms with Crippen LogP contribution < -0.4 is 10.6 Å². The maximum Gasteiger partial charge on any atom is 0.339 e. The van der Waals surface area contributed by atoms with Gasteiger partial charge < -0.3 is 15.4 Å². The lowest BCUT2D eigenvalue weighted by molar-refractivity contribution is 0.0601. The molecule has 1 aromatic heterocycles. The van der Waals surface area contributed by atoms with Crippen LogP contribution in [0.1, 0.15) is 26.3 Å². The number of pyridine rings is 1. The molecule has 6 nitrogen and oxygen atoms in total. The second kappa shape index (κ2) is 8.14. The molecule has 1 heterocycles. The zero-order valence-corrected chi connectivity index (χ0v) is 15.0. The number of methoxy groups -OCH3 is 1. The van der Waals surface area contributed by atoms with Crippen LogP contribution in [0.4, 0.5) is 17.2 Å². The lowest BCUT2D eigenvalue weighted by Gasteiger charge is -2.10. The van der Waals surface area contributed by atoms with E-state index in [1.807, 2.05) is 31.2 Å². The first-order valence-electron chi connectivity index (χ1n) is 8.35. The summed E-state index contributed by atoms with van der Waals surface area (Å²) in [5.41, 5.74) is 3.26. The fraction of sp³-hybridized carbons (Fsp3) is 0.0952. The molecule has 0 radical (unpaired) electrons. The summed E-state index contributed by atoms with van der Waals surface area (Å²) < 4.78 is 4.78. The number of esters is 1. The van der Waals surface area contributed by atoms with Crippen molar-refractivity contribution >= 4 is 29.1 Å². The summed E-state index contributed by atoms with van der Waals surface area (Å²) in [6.07, 6.45) is 1.48. The highest BCUT2D eigenvalue weighted by Gasteiger charge is 2.12. The van der Waals surface area contributed by atoms with E-state index in [9.17, 15) is 9.59 Å². The number of carbonyl (C=O) groups is 2. The highest BCUT2D eigenvalue weighted by Crippen LogP contribution is 2.20. The molecule has 0 saturated carbocycles. The van der Waals surface area contributed by atoms with Gasteiger partial charge in [-0.2, -0.15) is 0 Å². The van der Waals surface area contributed by atoms with Gasteiger partial charge >= 0.3 is 5.97 Å². The Bertz CT molecular complexity index is 951. The molecular formula is C21H19N3O3. The van der Waals surface area contributed by atoms with Crippen molar-refractivity contribution in [1.82, 2.24) is 4.98 Å². The molecule has 0 atom stereocenters. The van der Waals surface area contributed by atoms with Crippen molar-refractivity contribution in [3.8, 4) is 0 Å². The lowest BCUT2D eigenvalue weighted by Crippen LogP contribution is -2.12. The van der Waals surface area contributed by atoms with E-state index in [0.29, 0.717) is 22.6 Å². The van der Waals surface area contributed by atoms with Gasteiger partial charge in [0.05, 0.1) is 23.9 Å². The van der Waals surface area contributed by atoms with Crippen LogP contribution in [0.3, 0.4) is 0 Å². The van der Waals surface area contributed by atoms with Gasteiger partial charge in [-0.1, -0.05) is 29.8 Å². The number of benzene rings is 2. The van der Waals surface area contributed by atoms with E-state index in [0.717, 1.165) is 11.3 Å². The quantitative estimate of drug-likeness (QED) is 0.667. The monoisotopic (exact) mass is 361 g/mol. The third kappa shape index (κ3) is 4.49. The first kappa shape index (κ1) is 18.1. The standard InChI is InChI=1S/C21H19N3O3/c1-14-7-10-16(11-8-14)23-20(25)15-9-12-19(22-13-15)24-18-6-4-3-5-17(18)21(26)27-2/h3-13H,1-2H3,(H,22,24)(H,23,25). The van der Waals surface area contributed by atoms with E-state index < -0.39 is 5.97 Å². The number of amides is 1. The highest BCUT2D eigenvalue weighted by molar-refractivity contribution is 6.04. The minimum absolute atomic E-state index is 0.243. The molecule has 27 heavy (non-hydrogen) atoms. The molecule has 136 valence electrons. The maximum absolute atomic E-state index is 12.3. The minimum Gasteiger partial charge on any atom is -0.465 e. The zero-order valence-electron chi connectivity index (χ0n) is 15.0. The Labute approximate surface area is 157 Å². The Morgan fingerprint density at radius 3 is 2.37 bits per heavy atom. The average molecular weight is 361 g/mol. The van der Waals surface area contributed by atoms with Crippen LogP contribution >= 0.6 is 0 Å². The topological polar surface area (TPSA) is 80.3 Å². The number of aromatic nitrogens is 1. The molecule has 0 saturated heterocycles. The number of rotatable bonds is 5. The summed E-state index contributed by atoms with van der Waals surface area (Å²) in [5.74, 6) is -0.168. The van der Waals surface area contributed by atoms with E-state index >= 15 is 0 Å². The Morgan fingerprint density at radius 2 is 1.70 bits per heavy atom. The number of anilines is 3. The SMILES string of the molecule is COC(=O)c1ccccc1Nc1ccc(C(=O)Nc2ccc(C)cc2)cn1. The summed E-state index contributed by atoms with van der Waals surface area (Å²) in [5, 5.41) is 5.89. The van der Waals surface area contributed by atoms with Crippen molar-refractivity contribution in [2.75, 3.05) is 17.7 Å². The number of hydrogen-bond donors (Lipinski definition) is 2. The van der Waals surface area contributed by atoms with Crippen LogP contribution in [0.25, 0.3) is 0 Å². The van der Waals surface area contributed by atoms with Gasteiger partial charge in [-0.25, -0.2) is 9.78 Å². The number of ether oxygens (including phenoxy) is 1. The van der Waals surface area contributed by atoms with Gasteiger partial charge in [0.15, 0.2) is 0 Å². The van der Waals surface area contributed by atoms with Gasteiger partial charge in [-0.3, -0.25) is 4.79 Å². The fourth-order valence-electron chi connectivity index (χ4n) is 2.46. The van der Waals surface area contributed by atoms with Gasteiger partial charge in [0.2, 0.25) is 0 Å². The predicted molar refractivity (Wildman–Crippen MR) is 104 cm³/mol. The minimum atomic E-state index is -0.438. The highest BCUT2D eigenvalue weighted by atomic mass is 16.5. The molecule has 0 aliphatic heterocycles. The zero-order chi connectivity index (χ0) is 19.2. The molecule has 6 heteroatoms. The van der Waals surface area contributed by atoms with E-state index in [1.54, 1.807) is 36.4 Å². The molecule has 0 unspecified atom stereocenters. The van der Waals surface area contributed by atoms with Crippen LogP contribution in [0, 0.1) is 6.92 Å². The van der Waals surface area contributed by atoms with Crippen LogP contribution in [-0.4, -0.2) is 24.0 Å². The van der Waals surface area contributed by atoms with Crippen LogP contribution in [0.15, 0.2) is 66.9 Å². The molecular weight excluding hydrogens is 342 g/mol. The number of carbonyl (C=O) groups excluding carboxylic acids is 2. The molecule has 3 aromatic rings. The third-order valence-electron chi connectivity index (χ3n) is 3.93. The van der Waals surface area contributed by atoms with Crippen molar-refractivity contribution in [1.29, 1.82) is 0 Å². The summed E-state index contributed by atoms with van der Waals surface area (Å²) in [7, 11) is 1.33. The molecule has 3 rings (SSSR count). The van der Waals surface area contributed by atoms with Gasteiger partial charge in [0, 0.05) is 11.9 Å². The van der Waals surface area contributed by atoms with Gasteiger partial charge in [0.25, 0.3) is 5.91 Å². The number of nitrogens with one attached hydrogen (secondary N) is 2. The summed E-state index contributed by atoms with van der Waals surface area (Å²) >= 11 is 0. The van der Waals surface area contributed by atoms with Gasteiger partial charge in [0.1, 0.15) is 5.82 Å². The van der Waals surface area contributed by atoms with Crippen molar-refractivity contribution in [2.24, 2.45) is 0 Å². The average Bonchev–Trinajstić information content (AvgIpc) is 2.70. The normalized spacial score (nSPS) is 10.1. The van der Waals surface area contributed by atoms with Crippen LogP contribution in [0.2, 0.25) is 0 Å². The fourth-order valence-corrected chi connectivity index (χ4v) is 2.46. The molecule has 2 N–H and O–H groups in total. The van der Waals surface area contributed by atoms with Gasteiger partial charge in [-0.15, -0.1) is 0 Å². The Balaban J connectivity index is 1.71. The first-order valence-corrected chi connectivity index (χ1v) is 8.35. The number of hydrogen-bond acceptors (Lipinski definition) is 5. The van der Waals surface area contributed by atoms with E-state index in [-0.39, 0.29) is 5.91 Å². The molecule has 0 aliphatic rings. The third-order valence-corrected chi connectivity index (χ3v) is 3.93. The summed E-state index contributed by atoms with van der Waals surface area (Å²) in [4.78, 5) is 28.4. The molecule has 0 bridgehead atoms. The Kier molecular flexibility index (Phi) is 5.47. The molecule has 1 amide bonds. The van der Waals surface area contributed by atoms with Crippen molar-refractivity contribution < 1.29 is 14.3 Å². The number of para-hydroxylation sites is 1. The summed E-state index contributed by atoms with van der Waals surface area (Å²) in [6.45, 7) is 1.99. The maximum atomic E-state index is 12.3. The first-order chi connectivity index (χ1) is 13.1. The van der Waals surface area contributed by atoms with E-state index in [4.69, 9.17) is 4.74 Å². The second-order valence-corrected chi connectivity index (χ2v) is 5.91. The largest absolute Gasteiger partial charge is 0.465 e. The Hall–Kier alpha value is -3.67. The summed E-state index contributed by atoms with van der Waals surface area (Å²) in [6, 6.07) is 17.9. The van der Waals surface area contributed by atoms with E-state index in [1.165, 1.54) is 13.3 Å². The van der Waals surface area contributed by atoms with Gasteiger partial charge in [-0.05, 0) is 43.3 Å². The molecule has 0 fully saturated rings. The molecule has 2 aromatic carbocycles. The van der Waals surface area contributed by atoms with Crippen molar-refractivity contribution in [2.45, 2.75) is 6.92 Å². The number of aryl methyl sites for hydroxylation is 1. The molecule has 0 aliphatic carbocycles. The Morgan fingerprint density at radius 1 is 0.963 bits per heavy atom.